The summed E-state index contributed by atoms with van der Waals surface area (Å²) in [7, 11) is 0. The lowest BCUT2D eigenvalue weighted by molar-refractivity contribution is -0.165. The van der Waals surface area contributed by atoms with Crippen molar-refractivity contribution in [2.75, 3.05) is 11.7 Å². The van der Waals surface area contributed by atoms with Crippen molar-refractivity contribution < 1.29 is 14.3 Å². The maximum absolute atomic E-state index is 10.3. The number of rotatable bonds is 1. The van der Waals surface area contributed by atoms with Gasteiger partial charge in [-0.3, -0.25) is 4.79 Å². The molecular formula is C5H8O3S. The lowest BCUT2D eigenvalue weighted by Gasteiger charge is -2.06. The van der Waals surface area contributed by atoms with E-state index in [9.17, 15) is 4.79 Å². The average Bonchev–Trinajstić information content (AvgIpc) is 2.15. The third-order valence-corrected chi connectivity index (χ3v) is 1.70. The van der Waals surface area contributed by atoms with E-state index in [4.69, 9.17) is 9.47 Å². The molecule has 0 bridgehead atoms. The van der Waals surface area contributed by atoms with Gasteiger partial charge in [0.05, 0.1) is 11.7 Å². The van der Waals surface area contributed by atoms with Crippen molar-refractivity contribution in [1.29, 1.82) is 0 Å². The smallest absolute Gasteiger partial charge is 0.304 e. The van der Waals surface area contributed by atoms with Gasteiger partial charge >= 0.3 is 5.97 Å². The van der Waals surface area contributed by atoms with E-state index in [2.05, 4.69) is 0 Å². The maximum Gasteiger partial charge on any atom is 0.304 e. The second-order valence-electron chi connectivity index (χ2n) is 1.69. The lowest BCUT2D eigenvalue weighted by atomic mass is 10.7. The highest BCUT2D eigenvalue weighted by molar-refractivity contribution is 7.99. The zero-order chi connectivity index (χ0) is 6.69. The Balaban J connectivity index is 2.19. The summed E-state index contributed by atoms with van der Waals surface area (Å²) in [5.41, 5.74) is 0. The average molecular weight is 148 g/mol. The third-order valence-electron chi connectivity index (χ3n) is 0.889. The molecule has 4 heteroatoms. The summed E-state index contributed by atoms with van der Waals surface area (Å²) < 4.78 is 9.71. The summed E-state index contributed by atoms with van der Waals surface area (Å²) in [5.74, 6) is 1.12. The first-order valence-corrected chi connectivity index (χ1v) is 3.81. The standard InChI is InChI=1S/C5H8O3S/c1-4(6)8-5-2-9-3-7-5/h5H,2-3H2,1H3/t5-/m0/s1. The summed E-state index contributed by atoms with van der Waals surface area (Å²) in [6.07, 6.45) is -0.299. The summed E-state index contributed by atoms with van der Waals surface area (Å²) in [4.78, 5) is 10.3. The van der Waals surface area contributed by atoms with Crippen LogP contribution in [0.15, 0.2) is 0 Å². The highest BCUT2D eigenvalue weighted by atomic mass is 32.2. The summed E-state index contributed by atoms with van der Waals surface area (Å²) >= 11 is 1.62. The van der Waals surface area contributed by atoms with E-state index in [1.807, 2.05) is 0 Å². The van der Waals surface area contributed by atoms with E-state index in [1.165, 1.54) is 6.92 Å². The van der Waals surface area contributed by atoms with E-state index >= 15 is 0 Å². The molecule has 0 N–H and O–H groups in total. The molecule has 0 amide bonds. The zero-order valence-electron chi connectivity index (χ0n) is 5.12. The third kappa shape index (κ3) is 2.24. The molecule has 0 radical (unpaired) electrons. The highest BCUT2D eigenvalue weighted by Gasteiger charge is 2.17. The Kier molecular flexibility index (Phi) is 2.36. The normalized spacial score (nSPS) is 26.1. The number of hydrogen-bond donors (Lipinski definition) is 0. The van der Waals surface area contributed by atoms with Crippen LogP contribution in [0.2, 0.25) is 0 Å². The number of ether oxygens (including phenoxy) is 2. The Hall–Kier alpha value is -0.220. The fourth-order valence-electron chi connectivity index (χ4n) is 0.570. The molecule has 9 heavy (non-hydrogen) atoms. The van der Waals surface area contributed by atoms with Gasteiger partial charge in [0.2, 0.25) is 6.29 Å². The Morgan fingerprint density at radius 3 is 3.11 bits per heavy atom. The van der Waals surface area contributed by atoms with Crippen molar-refractivity contribution in [3.05, 3.63) is 0 Å². The van der Waals surface area contributed by atoms with Gasteiger partial charge in [-0.15, -0.1) is 11.8 Å². The van der Waals surface area contributed by atoms with Gasteiger partial charge in [0, 0.05) is 6.92 Å². The number of carbonyl (C=O) groups excluding carboxylic acids is 1. The molecule has 1 heterocycles. The first kappa shape index (κ1) is 6.89. The van der Waals surface area contributed by atoms with Crippen molar-refractivity contribution in [2.24, 2.45) is 0 Å². The van der Waals surface area contributed by atoms with E-state index in [0.717, 1.165) is 5.75 Å². The summed E-state index contributed by atoms with van der Waals surface area (Å²) in [6, 6.07) is 0. The van der Waals surface area contributed by atoms with Crippen molar-refractivity contribution in [3.63, 3.8) is 0 Å². The summed E-state index contributed by atoms with van der Waals surface area (Å²) in [6.45, 7) is 1.38. The largest absolute Gasteiger partial charge is 0.435 e. The van der Waals surface area contributed by atoms with Crippen molar-refractivity contribution in [1.82, 2.24) is 0 Å². The van der Waals surface area contributed by atoms with Crippen LogP contribution in [0, 0.1) is 0 Å². The minimum atomic E-state index is -0.299. The fraction of sp³-hybridized carbons (Fsp3) is 0.800. The van der Waals surface area contributed by atoms with E-state index in [-0.39, 0.29) is 12.3 Å². The van der Waals surface area contributed by atoms with Gasteiger partial charge in [0.25, 0.3) is 0 Å². The SMILES string of the molecule is CC(=O)O[C@H]1CSCO1. The lowest BCUT2D eigenvalue weighted by Crippen LogP contribution is -2.16. The molecule has 0 saturated carbocycles. The van der Waals surface area contributed by atoms with Gasteiger partial charge in [0.1, 0.15) is 0 Å². The molecule has 1 atom stereocenters. The number of hydrogen-bond acceptors (Lipinski definition) is 4. The Morgan fingerprint density at radius 1 is 1.89 bits per heavy atom. The predicted octanol–water partition coefficient (Wildman–Crippen LogP) is 0.596. The van der Waals surface area contributed by atoms with Gasteiger partial charge in [-0.1, -0.05) is 0 Å². The summed E-state index contributed by atoms with van der Waals surface area (Å²) in [5, 5.41) is 0. The van der Waals surface area contributed by atoms with E-state index < -0.39 is 0 Å². The minimum Gasteiger partial charge on any atom is -0.435 e. The maximum atomic E-state index is 10.3. The number of esters is 1. The fourth-order valence-corrected chi connectivity index (χ4v) is 1.27. The molecule has 0 unspecified atom stereocenters. The van der Waals surface area contributed by atoms with E-state index in [0.29, 0.717) is 5.94 Å². The van der Waals surface area contributed by atoms with Crippen LogP contribution in [0.25, 0.3) is 0 Å². The molecule has 1 fully saturated rings. The Bertz CT molecular complexity index is 109. The molecule has 0 aliphatic carbocycles. The molecule has 0 aromatic carbocycles. The number of thioether (sulfide) groups is 1. The first-order valence-electron chi connectivity index (χ1n) is 2.65. The predicted molar refractivity (Wildman–Crippen MR) is 34.0 cm³/mol. The number of carbonyl (C=O) groups is 1. The molecule has 3 nitrogen and oxygen atoms in total. The minimum absolute atomic E-state index is 0.275. The van der Waals surface area contributed by atoms with Crippen LogP contribution in [0.3, 0.4) is 0 Å². The van der Waals surface area contributed by atoms with Crippen LogP contribution >= 0.6 is 11.8 Å². The molecule has 52 valence electrons. The van der Waals surface area contributed by atoms with E-state index in [1.54, 1.807) is 11.8 Å². The van der Waals surface area contributed by atoms with Crippen molar-refractivity contribution in [3.8, 4) is 0 Å². The second-order valence-corrected chi connectivity index (χ2v) is 2.67. The van der Waals surface area contributed by atoms with Gasteiger partial charge in [-0.2, -0.15) is 0 Å². The molecule has 0 aromatic rings. The van der Waals surface area contributed by atoms with Gasteiger partial charge < -0.3 is 9.47 Å². The van der Waals surface area contributed by atoms with Crippen LogP contribution in [-0.2, 0) is 14.3 Å². The second kappa shape index (κ2) is 3.08. The van der Waals surface area contributed by atoms with Crippen molar-refractivity contribution in [2.45, 2.75) is 13.2 Å². The van der Waals surface area contributed by atoms with Gasteiger partial charge in [-0.05, 0) is 0 Å². The van der Waals surface area contributed by atoms with Crippen LogP contribution in [0.4, 0.5) is 0 Å². The van der Waals surface area contributed by atoms with Gasteiger partial charge in [-0.25, -0.2) is 0 Å². The van der Waals surface area contributed by atoms with Crippen LogP contribution < -0.4 is 0 Å². The zero-order valence-corrected chi connectivity index (χ0v) is 5.94. The van der Waals surface area contributed by atoms with Crippen molar-refractivity contribution >= 4 is 17.7 Å². The monoisotopic (exact) mass is 148 g/mol. The Labute approximate surface area is 57.7 Å². The first-order chi connectivity index (χ1) is 4.29. The van der Waals surface area contributed by atoms with Crippen LogP contribution in [-0.4, -0.2) is 24.0 Å². The van der Waals surface area contributed by atoms with Gasteiger partial charge in [0.15, 0.2) is 0 Å². The molecule has 1 aliphatic heterocycles. The highest BCUT2D eigenvalue weighted by Crippen LogP contribution is 2.16. The van der Waals surface area contributed by atoms with Crippen LogP contribution in [0.1, 0.15) is 6.92 Å². The van der Waals surface area contributed by atoms with Crippen LogP contribution in [0.5, 0.6) is 0 Å². The Morgan fingerprint density at radius 2 is 2.67 bits per heavy atom. The molecule has 1 aliphatic rings. The molecular weight excluding hydrogens is 140 g/mol. The molecule has 1 saturated heterocycles. The molecule has 0 aromatic heterocycles. The quantitative estimate of drug-likeness (QED) is 0.510. The molecule has 0 spiro atoms. The molecule has 1 rings (SSSR count). The topological polar surface area (TPSA) is 35.5 Å².